The highest BCUT2D eigenvalue weighted by molar-refractivity contribution is 5.97. The van der Waals surface area contributed by atoms with Crippen molar-refractivity contribution < 1.29 is 14.3 Å². The van der Waals surface area contributed by atoms with E-state index in [-0.39, 0.29) is 6.10 Å². The SMILES string of the molecule is CCOC1C=C(N2CCOCC2)C=CC1=[N+]=[N-]. The molecule has 1 aliphatic carbocycles. The van der Waals surface area contributed by atoms with Crippen molar-refractivity contribution in [3.8, 4) is 0 Å². The minimum absolute atomic E-state index is 0.257. The molecule has 0 amide bonds. The van der Waals surface area contributed by atoms with Gasteiger partial charge >= 0.3 is 5.71 Å². The summed E-state index contributed by atoms with van der Waals surface area (Å²) >= 11 is 0. The molecular weight excluding hydrogens is 218 g/mol. The van der Waals surface area contributed by atoms with Gasteiger partial charge in [0.15, 0.2) is 6.10 Å². The van der Waals surface area contributed by atoms with Gasteiger partial charge in [-0.2, -0.15) is 4.79 Å². The molecule has 2 rings (SSSR count). The molecule has 0 aromatic heterocycles. The van der Waals surface area contributed by atoms with Gasteiger partial charge in [-0.25, -0.2) is 0 Å². The lowest BCUT2D eigenvalue weighted by Crippen LogP contribution is -2.37. The van der Waals surface area contributed by atoms with Crippen molar-refractivity contribution >= 4 is 5.71 Å². The number of hydrogen-bond donors (Lipinski definition) is 0. The summed E-state index contributed by atoms with van der Waals surface area (Å²) < 4.78 is 10.9. The first-order valence-corrected chi connectivity index (χ1v) is 5.91. The second kappa shape index (κ2) is 5.77. The van der Waals surface area contributed by atoms with E-state index in [1.54, 1.807) is 6.08 Å². The van der Waals surface area contributed by atoms with Crippen LogP contribution in [-0.2, 0) is 9.47 Å². The Balaban J connectivity index is 2.12. The molecule has 0 aromatic rings. The molecule has 1 atom stereocenters. The molecular formula is C12H17N3O2. The van der Waals surface area contributed by atoms with Crippen molar-refractivity contribution in [2.75, 3.05) is 32.9 Å². The molecule has 92 valence electrons. The van der Waals surface area contributed by atoms with Gasteiger partial charge < -0.3 is 19.9 Å². The Morgan fingerprint density at radius 2 is 2.24 bits per heavy atom. The summed E-state index contributed by atoms with van der Waals surface area (Å²) in [5.41, 5.74) is 10.5. The third-order valence-electron chi connectivity index (χ3n) is 2.88. The molecule has 1 fully saturated rings. The number of hydrogen-bond acceptors (Lipinski definition) is 3. The van der Waals surface area contributed by atoms with Crippen molar-refractivity contribution in [1.82, 2.24) is 4.90 Å². The summed E-state index contributed by atoms with van der Waals surface area (Å²) in [5, 5.41) is 0. The lowest BCUT2D eigenvalue weighted by molar-refractivity contribution is -0.0221. The van der Waals surface area contributed by atoms with Crippen LogP contribution in [-0.4, -0.2) is 54.4 Å². The summed E-state index contributed by atoms with van der Waals surface area (Å²) in [6, 6.07) is 0. The minimum Gasteiger partial charge on any atom is -0.378 e. The highest BCUT2D eigenvalue weighted by atomic mass is 16.5. The lowest BCUT2D eigenvalue weighted by atomic mass is 10.1. The van der Waals surface area contributed by atoms with Crippen LogP contribution in [0.2, 0.25) is 0 Å². The number of nitrogens with zero attached hydrogens (tertiary/aromatic N) is 3. The first-order chi connectivity index (χ1) is 8.35. The topological polar surface area (TPSA) is 58.1 Å². The molecule has 5 nitrogen and oxygen atoms in total. The second-order valence-corrected chi connectivity index (χ2v) is 3.93. The zero-order valence-electron chi connectivity index (χ0n) is 10.0. The maximum atomic E-state index is 8.88. The van der Waals surface area contributed by atoms with Gasteiger partial charge in [-0.3, -0.25) is 0 Å². The van der Waals surface area contributed by atoms with Crippen LogP contribution >= 0.6 is 0 Å². The van der Waals surface area contributed by atoms with Gasteiger partial charge in [-0.1, -0.05) is 0 Å². The Bertz CT molecular complexity index is 377. The highest BCUT2D eigenvalue weighted by Gasteiger charge is 2.25. The van der Waals surface area contributed by atoms with Crippen LogP contribution in [0.15, 0.2) is 23.9 Å². The Labute approximate surface area is 101 Å². The Morgan fingerprint density at radius 3 is 2.88 bits per heavy atom. The van der Waals surface area contributed by atoms with Crippen LogP contribution in [0.4, 0.5) is 0 Å². The fourth-order valence-corrected chi connectivity index (χ4v) is 2.00. The smallest absolute Gasteiger partial charge is 0.324 e. The normalized spacial score (nSPS) is 24.5. The predicted molar refractivity (Wildman–Crippen MR) is 63.7 cm³/mol. The standard InChI is InChI=1S/C12H17N3O2/c1-2-17-12-9-10(3-4-11(12)14-13)15-5-7-16-8-6-15/h3-4,9,12H,2,5-8H2,1H3. The summed E-state index contributed by atoms with van der Waals surface area (Å²) in [4.78, 5) is 5.49. The molecule has 1 saturated heterocycles. The molecule has 0 saturated carbocycles. The van der Waals surface area contributed by atoms with Gasteiger partial charge in [-0.05, 0) is 19.1 Å². The average Bonchev–Trinajstić information content (AvgIpc) is 2.40. The Morgan fingerprint density at radius 1 is 1.47 bits per heavy atom. The third-order valence-corrected chi connectivity index (χ3v) is 2.88. The number of ether oxygens (including phenoxy) is 2. The van der Waals surface area contributed by atoms with Gasteiger partial charge in [0.2, 0.25) is 0 Å². The fourth-order valence-electron chi connectivity index (χ4n) is 2.00. The van der Waals surface area contributed by atoms with E-state index in [9.17, 15) is 0 Å². The lowest BCUT2D eigenvalue weighted by Gasteiger charge is -2.31. The molecule has 5 heteroatoms. The average molecular weight is 235 g/mol. The Kier molecular flexibility index (Phi) is 4.09. The van der Waals surface area contributed by atoms with Crippen LogP contribution in [0.25, 0.3) is 5.53 Å². The van der Waals surface area contributed by atoms with E-state index in [1.165, 1.54) is 0 Å². The molecule has 1 heterocycles. The summed E-state index contributed by atoms with van der Waals surface area (Å²) in [7, 11) is 0. The molecule has 0 spiro atoms. The van der Waals surface area contributed by atoms with Crippen molar-refractivity contribution in [3.63, 3.8) is 0 Å². The van der Waals surface area contributed by atoms with Crippen LogP contribution in [0.3, 0.4) is 0 Å². The van der Waals surface area contributed by atoms with Gasteiger partial charge in [0.25, 0.3) is 0 Å². The van der Waals surface area contributed by atoms with Gasteiger partial charge in [0.1, 0.15) is 0 Å². The largest absolute Gasteiger partial charge is 0.378 e. The monoisotopic (exact) mass is 235 g/mol. The van der Waals surface area contributed by atoms with E-state index in [0.29, 0.717) is 12.3 Å². The van der Waals surface area contributed by atoms with E-state index in [0.717, 1.165) is 32.0 Å². The van der Waals surface area contributed by atoms with Crippen molar-refractivity contribution in [3.05, 3.63) is 29.5 Å². The summed E-state index contributed by atoms with van der Waals surface area (Å²) in [5.74, 6) is 0. The molecule has 1 aliphatic heterocycles. The quantitative estimate of drug-likeness (QED) is 0.538. The first kappa shape index (κ1) is 12.0. The fraction of sp³-hybridized carbons (Fsp3) is 0.583. The zero-order chi connectivity index (χ0) is 12.1. The molecule has 0 bridgehead atoms. The molecule has 0 N–H and O–H groups in total. The number of allylic oxidation sites excluding steroid dienone is 1. The second-order valence-electron chi connectivity index (χ2n) is 3.93. The zero-order valence-corrected chi connectivity index (χ0v) is 10.0. The minimum atomic E-state index is -0.257. The van der Waals surface area contributed by atoms with Crippen LogP contribution in [0.1, 0.15) is 6.92 Å². The summed E-state index contributed by atoms with van der Waals surface area (Å²) in [6.07, 6.45) is 5.48. The van der Waals surface area contributed by atoms with Crippen molar-refractivity contribution in [2.45, 2.75) is 13.0 Å². The number of morpholine rings is 1. The van der Waals surface area contributed by atoms with Crippen molar-refractivity contribution in [1.29, 1.82) is 0 Å². The number of rotatable bonds is 3. The van der Waals surface area contributed by atoms with Crippen LogP contribution in [0.5, 0.6) is 0 Å². The first-order valence-electron chi connectivity index (χ1n) is 5.91. The van der Waals surface area contributed by atoms with Gasteiger partial charge in [0.05, 0.1) is 13.2 Å². The third kappa shape index (κ3) is 2.82. The molecule has 2 aliphatic rings. The molecule has 17 heavy (non-hydrogen) atoms. The van der Waals surface area contributed by atoms with E-state index in [1.807, 2.05) is 19.1 Å². The molecule has 0 aromatic carbocycles. The van der Waals surface area contributed by atoms with Crippen molar-refractivity contribution in [2.24, 2.45) is 0 Å². The maximum Gasteiger partial charge on any atom is 0.324 e. The van der Waals surface area contributed by atoms with E-state index in [4.69, 9.17) is 15.0 Å². The Hall–Kier alpha value is -1.42. The molecule has 1 unspecified atom stereocenters. The van der Waals surface area contributed by atoms with E-state index >= 15 is 0 Å². The van der Waals surface area contributed by atoms with Gasteiger partial charge in [-0.15, -0.1) is 0 Å². The van der Waals surface area contributed by atoms with Crippen LogP contribution < -0.4 is 0 Å². The molecule has 0 radical (unpaired) electrons. The highest BCUT2D eigenvalue weighted by Crippen LogP contribution is 2.16. The maximum absolute atomic E-state index is 8.88. The summed E-state index contributed by atoms with van der Waals surface area (Å²) in [6.45, 7) is 5.80. The predicted octanol–water partition coefficient (Wildman–Crippen LogP) is 0.848. The van der Waals surface area contributed by atoms with E-state index < -0.39 is 0 Å². The van der Waals surface area contributed by atoms with Crippen LogP contribution in [0, 0.1) is 0 Å². The van der Waals surface area contributed by atoms with E-state index in [2.05, 4.69) is 9.69 Å². The van der Waals surface area contributed by atoms with Gasteiger partial charge in [0, 0.05) is 31.5 Å².